The summed E-state index contributed by atoms with van der Waals surface area (Å²) in [4.78, 5) is 0. The monoisotopic (exact) mass is 411 g/mol. The Morgan fingerprint density at radius 2 is 0.500 bits per heavy atom. The third kappa shape index (κ3) is 31000. The molecule has 0 aliphatic carbocycles. The normalized spacial score (nSPS) is 1.33. The van der Waals surface area contributed by atoms with Crippen LogP contribution in [-0.4, -0.2) is 0 Å². The Bertz CT molecular complexity index is 78.4. The van der Waals surface area contributed by atoms with Crippen molar-refractivity contribution in [2.75, 3.05) is 0 Å². The Morgan fingerprint density at radius 3 is 0.500 bits per heavy atom. The van der Waals surface area contributed by atoms with Gasteiger partial charge < -0.3 is 0 Å². The Labute approximate surface area is 87.1 Å². The van der Waals surface area contributed by atoms with E-state index in [1.807, 2.05) is 0 Å². The van der Waals surface area contributed by atoms with E-state index in [1.54, 1.807) is 0 Å². The van der Waals surface area contributed by atoms with Gasteiger partial charge in [0.25, 0.3) is 0 Å². The molecule has 0 aromatic rings. The van der Waals surface area contributed by atoms with Crippen LogP contribution in [-0.2, 0) is 40.4 Å². The minimum atomic E-state index is 1.53. The molecule has 0 saturated heterocycles. The van der Waals surface area contributed by atoms with Gasteiger partial charge in [0, 0.05) is 0 Å². The summed E-state index contributed by atoms with van der Waals surface area (Å²) in [6, 6.07) is 0. The second-order valence-corrected chi connectivity index (χ2v) is 0. The summed E-state index contributed by atoms with van der Waals surface area (Å²) >= 11 is 4.53. The van der Waals surface area contributed by atoms with Gasteiger partial charge in [-0.3, -0.25) is 0 Å². The second-order valence-electron chi connectivity index (χ2n) is 0. The van der Waals surface area contributed by atoms with Crippen molar-refractivity contribution >= 4 is 13.4 Å². The van der Waals surface area contributed by atoms with Crippen LogP contribution in [0.15, 0.2) is 0 Å². The van der Waals surface area contributed by atoms with Crippen molar-refractivity contribution in [3.8, 4) is 33.3 Å². The summed E-state index contributed by atoms with van der Waals surface area (Å²) in [7, 11) is 0. The molecule has 0 spiro atoms. The van der Waals surface area contributed by atoms with Gasteiger partial charge in [0.2, 0.25) is 0 Å². The van der Waals surface area contributed by atoms with Crippen LogP contribution in [0.4, 0.5) is 0 Å². The van der Waals surface area contributed by atoms with E-state index in [-0.39, 0.29) is 0 Å². The topological polar surface area (TPSA) is 99.5 Å². The molecular formula is C5H5BrO5Re+5. The Morgan fingerprint density at radius 1 is 0.500 bits per heavy atom. The zero-order valence-corrected chi connectivity index (χ0v) is 9.99. The van der Waals surface area contributed by atoms with Gasteiger partial charge in [-0.25, -0.2) is 0 Å². The molecule has 12 heavy (non-hydrogen) atoms. The summed E-state index contributed by atoms with van der Waals surface area (Å²) in [5, 5.41) is 0. The summed E-state index contributed by atoms with van der Waals surface area (Å²) in [5.41, 5.74) is 0. The molecule has 0 radical (unpaired) electrons. The number of hydrogen-bond acceptors (Lipinski definition) is 0. The van der Waals surface area contributed by atoms with Crippen molar-refractivity contribution in [1.82, 2.24) is 0 Å². The maximum absolute atomic E-state index is 7.75. The third-order valence-corrected chi connectivity index (χ3v) is 0. The van der Waals surface area contributed by atoms with Crippen LogP contribution >= 0.6 is 13.4 Å². The first kappa shape index (κ1) is 40.8. The van der Waals surface area contributed by atoms with Gasteiger partial charge in [-0.15, -0.1) is 0 Å². The summed E-state index contributed by atoms with van der Waals surface area (Å²) < 4.78 is 38.8. The molecule has 0 heterocycles. The van der Waals surface area contributed by atoms with Crippen LogP contribution in [0.1, 0.15) is 0 Å². The Balaban J connectivity index is -0.00000000900. The van der Waals surface area contributed by atoms with Gasteiger partial charge in [0.1, 0.15) is 0 Å². The van der Waals surface area contributed by atoms with Crippen molar-refractivity contribution < 1.29 is 40.4 Å². The van der Waals surface area contributed by atoms with Crippen LogP contribution < -0.4 is 0 Å². The zero-order chi connectivity index (χ0) is 12.0. The van der Waals surface area contributed by atoms with Gasteiger partial charge in [-0.05, 0) is 0 Å². The van der Waals surface area contributed by atoms with Gasteiger partial charge >= 0.3 is 87.1 Å². The summed E-state index contributed by atoms with van der Waals surface area (Å²) in [6.07, 6.45) is 0. The first-order valence-electron chi connectivity index (χ1n) is 1.32. The molecule has 0 saturated carbocycles. The van der Waals surface area contributed by atoms with E-state index in [9.17, 15) is 0 Å². The summed E-state index contributed by atoms with van der Waals surface area (Å²) in [5.74, 6) is 0. The molecule has 0 atom stereocenters. The van der Waals surface area contributed by atoms with Crippen molar-refractivity contribution in [2.45, 2.75) is 0 Å². The predicted molar refractivity (Wildman–Crippen MR) is 37.1 cm³/mol. The molecule has 0 unspecified atom stereocenters. The fraction of sp³-hybridized carbons (Fsp3) is 0. The van der Waals surface area contributed by atoms with Crippen molar-refractivity contribution in [3.05, 3.63) is 0 Å². The van der Waals surface area contributed by atoms with Gasteiger partial charge in [-0.2, -0.15) is 0 Å². The quantitative estimate of drug-likeness (QED) is 0.529. The van der Waals surface area contributed by atoms with E-state index in [2.05, 4.69) is 46.7 Å². The molecule has 0 amide bonds. The summed E-state index contributed by atoms with van der Waals surface area (Å²) in [6.45, 7) is 16.2. The van der Waals surface area contributed by atoms with Crippen LogP contribution in [0.3, 0.4) is 0 Å². The van der Waals surface area contributed by atoms with E-state index < -0.39 is 0 Å². The van der Waals surface area contributed by atoms with Gasteiger partial charge in [-0.1, -0.05) is 0 Å². The maximum atomic E-state index is 7.75. The number of hydrogen-bond donors (Lipinski definition) is 0. The molecule has 0 bridgehead atoms. The molecule has 0 aromatic carbocycles. The van der Waals surface area contributed by atoms with E-state index in [0.29, 0.717) is 0 Å². The first-order valence-corrected chi connectivity index (χ1v) is 7.25. The predicted octanol–water partition coefficient (Wildman–Crippen LogP) is 0.873. The number of halogens is 1. The standard InChI is InChI=1S/5CHO.BrH.Re/c5*1-2;;/h5*1H;1H;/q5*+1;;+1/p-1. The second kappa shape index (κ2) is 42300. The minimum absolute atomic E-state index is 1.53. The third-order valence-electron chi connectivity index (χ3n) is 0. The first-order chi connectivity index (χ1) is 6.00. The number of rotatable bonds is 0. The molecule has 0 aromatic heterocycles. The molecule has 0 rings (SSSR count). The van der Waals surface area contributed by atoms with Crippen molar-refractivity contribution in [2.24, 2.45) is 0 Å². The average Bonchev–Trinajstić information content (AvgIpc) is 2.33. The van der Waals surface area contributed by atoms with Gasteiger partial charge in [0.15, 0.2) is 0 Å². The van der Waals surface area contributed by atoms with Gasteiger partial charge in [0.05, 0.1) is 0 Å². The van der Waals surface area contributed by atoms with E-state index >= 15 is 0 Å². The Kier molecular flexibility index (Phi) is 144000. The molecule has 64 valence electrons. The molecule has 0 aliphatic heterocycles. The van der Waals surface area contributed by atoms with E-state index in [4.69, 9.17) is 23.3 Å². The van der Waals surface area contributed by atoms with Crippen LogP contribution in [0, 0.1) is 33.3 Å². The van der Waals surface area contributed by atoms with Crippen LogP contribution in [0.25, 0.3) is 0 Å². The molecule has 0 aliphatic rings. The molecule has 0 N–H and O–H groups in total. The van der Waals surface area contributed by atoms with E-state index in [1.165, 1.54) is 17.2 Å². The average molecular weight is 411 g/mol. The Hall–Kier alpha value is -0.158. The molecule has 5 nitrogen and oxygen atoms in total. The van der Waals surface area contributed by atoms with E-state index in [0.717, 1.165) is 0 Å². The van der Waals surface area contributed by atoms with Crippen LogP contribution in [0.2, 0.25) is 0 Å². The fourth-order valence-corrected chi connectivity index (χ4v) is 0. The van der Waals surface area contributed by atoms with Crippen molar-refractivity contribution in [1.29, 1.82) is 0 Å². The van der Waals surface area contributed by atoms with Crippen molar-refractivity contribution in [3.63, 3.8) is 0 Å². The molecule has 7 heteroatoms. The zero-order valence-electron chi connectivity index (χ0n) is 5.68. The van der Waals surface area contributed by atoms with Crippen LogP contribution in [0.5, 0.6) is 0 Å². The fourth-order valence-electron chi connectivity index (χ4n) is 0. The molecule has 0 fully saturated rings. The SMILES string of the molecule is C#[O+].C#[O+].C#[O+].C#[O+].C#[O+].[Br][Re]. The molecular weight excluding hydrogens is 406 g/mol.